The fourth-order valence-electron chi connectivity index (χ4n) is 1.35. The lowest BCUT2D eigenvalue weighted by atomic mass is 10.3. The normalized spacial score (nSPS) is 14.7. The number of thiocarbonyl (C=S) groups is 1. The Morgan fingerprint density at radius 3 is 2.61 bits per heavy atom. The van der Waals surface area contributed by atoms with Crippen LogP contribution < -0.4 is 9.74 Å². The quantitative estimate of drug-likeness (QED) is 0.212. The Balaban J connectivity index is 2.24. The lowest BCUT2D eigenvalue weighted by Gasteiger charge is -2.14. The highest BCUT2D eigenvalue weighted by molar-refractivity contribution is 8.27. The van der Waals surface area contributed by atoms with Crippen LogP contribution in [0, 0.1) is 0 Å². The van der Waals surface area contributed by atoms with Gasteiger partial charge in [0.1, 0.15) is 11.0 Å². The molecular weight excluding hydrogens is 272 g/mol. The van der Waals surface area contributed by atoms with Gasteiger partial charge < -0.3 is 4.84 Å². The second-order valence-corrected chi connectivity index (χ2v) is 4.92. The molecule has 0 aliphatic carbocycles. The maximum atomic E-state index is 11.8. The van der Waals surface area contributed by atoms with Gasteiger partial charge in [-0.2, -0.15) is 0 Å². The molecular formula is C10H6N4O2S2. The highest BCUT2D eigenvalue weighted by Crippen LogP contribution is 2.34. The van der Waals surface area contributed by atoms with E-state index in [1.54, 1.807) is 24.3 Å². The zero-order chi connectivity index (χ0) is 13.1. The van der Waals surface area contributed by atoms with Crippen LogP contribution in [-0.2, 0) is 4.79 Å². The zero-order valence-corrected chi connectivity index (χ0v) is 10.6. The van der Waals surface area contributed by atoms with Gasteiger partial charge >= 0.3 is 0 Å². The van der Waals surface area contributed by atoms with Crippen LogP contribution in [0.25, 0.3) is 10.4 Å². The van der Waals surface area contributed by atoms with E-state index in [0.29, 0.717) is 20.7 Å². The Hall–Kier alpha value is -2.02. The molecule has 0 radical (unpaired) electrons. The van der Waals surface area contributed by atoms with Crippen molar-refractivity contribution in [2.45, 2.75) is 0 Å². The highest BCUT2D eigenvalue weighted by Gasteiger charge is 2.31. The van der Waals surface area contributed by atoms with Crippen molar-refractivity contribution in [2.24, 2.45) is 5.28 Å². The fraction of sp³-hybridized carbons (Fsp3) is 0. The smallest absolute Gasteiger partial charge is 0.270 e. The molecule has 2 rings (SSSR count). The molecule has 1 aromatic rings. The summed E-state index contributed by atoms with van der Waals surface area (Å²) in [5.41, 5.74) is 8.72. The minimum atomic E-state index is -0.228. The van der Waals surface area contributed by atoms with Crippen molar-refractivity contribution in [3.8, 4) is 5.75 Å². The number of carbonyl (C=O) groups is 1. The van der Waals surface area contributed by atoms with E-state index in [1.165, 1.54) is 16.7 Å². The molecule has 1 fully saturated rings. The molecule has 0 aromatic heterocycles. The lowest BCUT2D eigenvalue weighted by Crippen LogP contribution is -2.27. The number of azide groups is 1. The average molecular weight is 278 g/mol. The predicted molar refractivity (Wildman–Crippen MR) is 73.0 cm³/mol. The van der Waals surface area contributed by atoms with Crippen molar-refractivity contribution >= 4 is 39.9 Å². The van der Waals surface area contributed by atoms with Gasteiger partial charge in [-0.05, 0) is 29.8 Å². The van der Waals surface area contributed by atoms with Crippen molar-refractivity contribution in [3.05, 3.63) is 46.2 Å². The number of thioether (sulfide) groups is 1. The number of amides is 1. The van der Waals surface area contributed by atoms with Gasteiger partial charge in [0.2, 0.25) is 0 Å². The van der Waals surface area contributed by atoms with Gasteiger partial charge in [-0.1, -0.05) is 30.6 Å². The van der Waals surface area contributed by atoms with Crippen LogP contribution in [0.15, 0.2) is 41.0 Å². The molecule has 0 atom stereocenters. The van der Waals surface area contributed by atoms with Gasteiger partial charge in [-0.15, -0.1) is 0 Å². The minimum Gasteiger partial charge on any atom is -0.394 e. The molecule has 1 saturated heterocycles. The third-order valence-corrected chi connectivity index (χ3v) is 3.32. The fourth-order valence-corrected chi connectivity index (χ4v) is 2.51. The molecule has 0 bridgehead atoms. The molecule has 0 unspecified atom stereocenters. The van der Waals surface area contributed by atoms with E-state index in [0.717, 1.165) is 0 Å². The summed E-state index contributed by atoms with van der Waals surface area (Å²) in [4.78, 5) is 20.7. The molecule has 8 heteroatoms. The van der Waals surface area contributed by atoms with Crippen LogP contribution in [0.1, 0.15) is 0 Å². The first-order valence-corrected chi connectivity index (χ1v) is 5.92. The first kappa shape index (κ1) is 12.4. The Morgan fingerprint density at radius 1 is 1.44 bits per heavy atom. The third kappa shape index (κ3) is 2.30. The SMILES string of the molecule is C=C1SC(=S)N(c2ccc(ON=[N+]=[N-])cc2)C1=O. The molecule has 6 nitrogen and oxygen atoms in total. The summed E-state index contributed by atoms with van der Waals surface area (Å²) in [7, 11) is 0. The summed E-state index contributed by atoms with van der Waals surface area (Å²) in [5, 5.41) is 2.97. The third-order valence-electron chi connectivity index (χ3n) is 2.11. The van der Waals surface area contributed by atoms with Gasteiger partial charge in [0, 0.05) is 4.91 Å². The summed E-state index contributed by atoms with van der Waals surface area (Å²) in [5.74, 6) is 0.148. The van der Waals surface area contributed by atoms with Crippen molar-refractivity contribution in [3.63, 3.8) is 0 Å². The topological polar surface area (TPSA) is 78.3 Å². The second-order valence-electron chi connectivity index (χ2n) is 3.19. The number of carbonyl (C=O) groups excluding carboxylic acids is 1. The van der Waals surface area contributed by atoms with Gasteiger partial charge in [0.25, 0.3) is 5.91 Å². The van der Waals surface area contributed by atoms with Crippen molar-refractivity contribution < 1.29 is 9.63 Å². The molecule has 90 valence electrons. The number of benzene rings is 1. The molecule has 0 spiro atoms. The maximum absolute atomic E-state index is 11.8. The first-order chi connectivity index (χ1) is 8.63. The Kier molecular flexibility index (Phi) is 3.52. The van der Waals surface area contributed by atoms with Gasteiger partial charge in [0.05, 0.1) is 10.6 Å². The van der Waals surface area contributed by atoms with E-state index in [4.69, 9.17) is 22.6 Å². The van der Waals surface area contributed by atoms with Crippen LogP contribution in [0.2, 0.25) is 0 Å². The minimum absolute atomic E-state index is 0.228. The standard InChI is InChI=1S/C10H6N4O2S2/c1-6-9(15)14(10(17)18-6)7-2-4-8(5-3-7)16-13-12-11/h2-5H,1H2. The van der Waals surface area contributed by atoms with Crippen LogP contribution in [0.3, 0.4) is 0 Å². The second kappa shape index (κ2) is 5.09. The van der Waals surface area contributed by atoms with Gasteiger partial charge in [0.15, 0.2) is 4.32 Å². The Bertz CT molecular complexity index is 578. The van der Waals surface area contributed by atoms with Crippen LogP contribution >= 0.6 is 24.0 Å². The van der Waals surface area contributed by atoms with E-state index in [2.05, 4.69) is 16.8 Å². The number of anilines is 1. The zero-order valence-electron chi connectivity index (χ0n) is 8.94. The van der Waals surface area contributed by atoms with E-state index in [9.17, 15) is 4.79 Å². The Labute approximate surface area is 112 Å². The molecule has 1 heterocycles. The summed E-state index contributed by atoms with van der Waals surface area (Å²) < 4.78 is 0.439. The number of hydrogen-bond donors (Lipinski definition) is 0. The van der Waals surface area contributed by atoms with Crippen molar-refractivity contribution in [1.82, 2.24) is 0 Å². The molecule has 1 amide bonds. The summed E-state index contributed by atoms with van der Waals surface area (Å²) in [6.07, 6.45) is 0. The van der Waals surface area contributed by atoms with Crippen LogP contribution in [0.4, 0.5) is 5.69 Å². The summed E-state index contributed by atoms with van der Waals surface area (Å²) in [6, 6.07) is 6.44. The first-order valence-electron chi connectivity index (χ1n) is 4.70. The molecule has 0 N–H and O–H groups in total. The monoisotopic (exact) mass is 278 g/mol. The predicted octanol–water partition coefficient (Wildman–Crippen LogP) is 3.17. The van der Waals surface area contributed by atoms with Gasteiger partial charge in [-0.3, -0.25) is 9.69 Å². The van der Waals surface area contributed by atoms with Crippen molar-refractivity contribution in [2.75, 3.05) is 4.90 Å². The van der Waals surface area contributed by atoms with E-state index in [1.807, 2.05) is 0 Å². The largest absolute Gasteiger partial charge is 0.394 e. The maximum Gasteiger partial charge on any atom is 0.270 e. The molecule has 18 heavy (non-hydrogen) atoms. The molecule has 1 aliphatic heterocycles. The van der Waals surface area contributed by atoms with E-state index in [-0.39, 0.29) is 5.91 Å². The average Bonchev–Trinajstić information content (AvgIpc) is 2.62. The number of rotatable bonds is 3. The lowest BCUT2D eigenvalue weighted by molar-refractivity contribution is -0.113. The molecule has 0 saturated carbocycles. The molecule has 1 aliphatic rings. The molecule has 1 aromatic carbocycles. The highest BCUT2D eigenvalue weighted by atomic mass is 32.2. The summed E-state index contributed by atoms with van der Waals surface area (Å²) in [6.45, 7) is 3.62. The van der Waals surface area contributed by atoms with Gasteiger partial charge in [-0.25, -0.2) is 0 Å². The number of nitrogens with zero attached hydrogens (tertiary/aromatic N) is 4. The Morgan fingerprint density at radius 2 is 2.11 bits per heavy atom. The van der Waals surface area contributed by atoms with Crippen molar-refractivity contribution in [1.29, 1.82) is 0 Å². The van der Waals surface area contributed by atoms with E-state index >= 15 is 0 Å². The van der Waals surface area contributed by atoms with E-state index < -0.39 is 0 Å². The van der Waals surface area contributed by atoms with Crippen LogP contribution in [0.5, 0.6) is 5.75 Å². The number of hydrogen-bond acceptors (Lipinski definition) is 5. The van der Waals surface area contributed by atoms with Crippen LogP contribution in [-0.4, -0.2) is 10.2 Å². The summed E-state index contributed by atoms with van der Waals surface area (Å²) >= 11 is 6.25.